The van der Waals surface area contributed by atoms with E-state index in [4.69, 9.17) is 0 Å². The lowest BCUT2D eigenvalue weighted by molar-refractivity contribution is -0.122. The number of hydrogen-bond donors (Lipinski definition) is 3. The predicted octanol–water partition coefficient (Wildman–Crippen LogP) is 0.494. The SMILES string of the molecule is CSCCC(CO)NC(=O)CCc1c(C)nc2cc[nH]n2c1=O. The minimum absolute atomic E-state index is 0.0794. The lowest BCUT2D eigenvalue weighted by Gasteiger charge is -2.15. The number of carbonyl (C=O) groups is 1. The first-order chi connectivity index (χ1) is 11.1. The standard InChI is InChI=1S/C15H22N4O3S/c1-10-12(15(22)19-13(17-10)5-7-16-19)3-4-14(21)18-11(9-20)6-8-23-2/h5,7,11,16,20H,3-4,6,8-9H2,1-2H3,(H,18,21). The van der Waals surface area contributed by atoms with E-state index in [1.54, 1.807) is 30.9 Å². The molecular formula is C15H22N4O3S. The Morgan fingerprint density at radius 3 is 3.04 bits per heavy atom. The van der Waals surface area contributed by atoms with Crippen LogP contribution < -0.4 is 10.9 Å². The fraction of sp³-hybridized carbons (Fsp3) is 0.533. The van der Waals surface area contributed by atoms with E-state index in [0.717, 1.165) is 12.2 Å². The molecule has 2 aromatic rings. The summed E-state index contributed by atoms with van der Waals surface area (Å²) in [6.45, 7) is 1.70. The van der Waals surface area contributed by atoms with Gasteiger partial charge in [0.05, 0.1) is 12.6 Å². The molecule has 1 amide bonds. The lowest BCUT2D eigenvalue weighted by Crippen LogP contribution is -2.38. The molecule has 0 radical (unpaired) electrons. The quantitative estimate of drug-likeness (QED) is 0.651. The van der Waals surface area contributed by atoms with Crippen LogP contribution in [0.2, 0.25) is 0 Å². The van der Waals surface area contributed by atoms with Crippen LogP contribution in [0.5, 0.6) is 0 Å². The van der Waals surface area contributed by atoms with Gasteiger partial charge in [-0.2, -0.15) is 11.8 Å². The molecule has 8 heteroatoms. The number of aliphatic hydroxyl groups excluding tert-OH is 1. The molecule has 2 heterocycles. The molecule has 0 saturated carbocycles. The molecule has 126 valence electrons. The van der Waals surface area contributed by atoms with Gasteiger partial charge >= 0.3 is 0 Å². The highest BCUT2D eigenvalue weighted by molar-refractivity contribution is 7.98. The molecule has 0 bridgehead atoms. The zero-order chi connectivity index (χ0) is 16.8. The number of nitrogens with one attached hydrogen (secondary N) is 2. The van der Waals surface area contributed by atoms with Crippen LogP contribution in [0.25, 0.3) is 5.65 Å². The van der Waals surface area contributed by atoms with Crippen molar-refractivity contribution in [2.75, 3.05) is 18.6 Å². The number of thioether (sulfide) groups is 1. The Morgan fingerprint density at radius 2 is 2.35 bits per heavy atom. The number of hydrogen-bond acceptors (Lipinski definition) is 5. The molecule has 3 N–H and O–H groups in total. The Hall–Kier alpha value is -1.80. The summed E-state index contributed by atoms with van der Waals surface area (Å²) in [5.74, 6) is 0.708. The second kappa shape index (κ2) is 8.16. The minimum atomic E-state index is -0.235. The second-order valence-electron chi connectivity index (χ2n) is 5.37. The maximum absolute atomic E-state index is 12.4. The fourth-order valence-electron chi connectivity index (χ4n) is 2.40. The zero-order valence-electron chi connectivity index (χ0n) is 13.3. The van der Waals surface area contributed by atoms with E-state index in [0.29, 0.717) is 23.3 Å². The second-order valence-corrected chi connectivity index (χ2v) is 6.35. The Bertz CT molecular complexity index is 725. The Morgan fingerprint density at radius 1 is 1.57 bits per heavy atom. The summed E-state index contributed by atoms with van der Waals surface area (Å²) >= 11 is 1.67. The molecule has 0 aliphatic rings. The summed E-state index contributed by atoms with van der Waals surface area (Å²) in [6, 6.07) is 1.49. The maximum Gasteiger partial charge on any atom is 0.276 e. The molecule has 0 spiro atoms. The Labute approximate surface area is 138 Å². The fourth-order valence-corrected chi connectivity index (χ4v) is 2.92. The van der Waals surface area contributed by atoms with Gasteiger partial charge in [0.15, 0.2) is 5.65 Å². The van der Waals surface area contributed by atoms with E-state index in [1.807, 2.05) is 6.26 Å². The molecule has 1 atom stereocenters. The number of aliphatic hydroxyl groups is 1. The Balaban J connectivity index is 2.00. The molecule has 23 heavy (non-hydrogen) atoms. The molecular weight excluding hydrogens is 316 g/mol. The average molecular weight is 338 g/mol. The number of aromatic amines is 1. The van der Waals surface area contributed by atoms with Crippen molar-refractivity contribution >= 4 is 23.3 Å². The van der Waals surface area contributed by atoms with Crippen molar-refractivity contribution in [3.8, 4) is 0 Å². The Kier molecular flexibility index (Phi) is 6.23. The van der Waals surface area contributed by atoms with Crippen molar-refractivity contribution in [1.82, 2.24) is 19.9 Å². The predicted molar refractivity (Wildman–Crippen MR) is 90.9 cm³/mol. The van der Waals surface area contributed by atoms with Gasteiger partial charge in [-0.3, -0.25) is 14.7 Å². The number of rotatable bonds is 8. The van der Waals surface area contributed by atoms with Crippen LogP contribution in [0, 0.1) is 6.92 Å². The lowest BCUT2D eigenvalue weighted by atomic mass is 10.1. The maximum atomic E-state index is 12.4. The molecule has 0 aromatic carbocycles. The van der Waals surface area contributed by atoms with Crippen LogP contribution in [0.15, 0.2) is 17.1 Å². The highest BCUT2D eigenvalue weighted by Gasteiger charge is 2.14. The molecule has 2 aromatic heterocycles. The number of fused-ring (bicyclic) bond motifs is 1. The van der Waals surface area contributed by atoms with Crippen molar-refractivity contribution < 1.29 is 9.90 Å². The van der Waals surface area contributed by atoms with Crippen LogP contribution in [-0.2, 0) is 11.2 Å². The van der Waals surface area contributed by atoms with Gasteiger partial charge in [0.2, 0.25) is 5.91 Å². The van der Waals surface area contributed by atoms with Gasteiger partial charge in [-0.1, -0.05) is 0 Å². The topological polar surface area (TPSA) is 99.5 Å². The molecule has 1 unspecified atom stereocenters. The minimum Gasteiger partial charge on any atom is -0.394 e. The molecule has 0 aliphatic carbocycles. The van der Waals surface area contributed by atoms with Crippen molar-refractivity contribution in [1.29, 1.82) is 0 Å². The summed E-state index contributed by atoms with van der Waals surface area (Å²) in [6.07, 6.45) is 4.88. The van der Waals surface area contributed by atoms with Crippen molar-refractivity contribution in [2.24, 2.45) is 0 Å². The summed E-state index contributed by atoms with van der Waals surface area (Å²) in [7, 11) is 0. The van der Waals surface area contributed by atoms with Crippen molar-refractivity contribution in [3.63, 3.8) is 0 Å². The van der Waals surface area contributed by atoms with Gasteiger partial charge in [0.1, 0.15) is 0 Å². The summed E-state index contributed by atoms with van der Waals surface area (Å²) < 4.78 is 1.37. The van der Waals surface area contributed by atoms with Crippen LogP contribution in [0.4, 0.5) is 0 Å². The van der Waals surface area contributed by atoms with E-state index in [9.17, 15) is 14.7 Å². The summed E-state index contributed by atoms with van der Waals surface area (Å²) in [5, 5.41) is 14.9. The third-order valence-corrected chi connectivity index (χ3v) is 4.35. The van der Waals surface area contributed by atoms with Gasteiger partial charge in [0, 0.05) is 29.9 Å². The number of carbonyl (C=O) groups excluding carboxylic acids is 1. The molecule has 7 nitrogen and oxygen atoms in total. The van der Waals surface area contributed by atoms with Gasteiger partial charge in [-0.25, -0.2) is 9.50 Å². The normalized spacial score (nSPS) is 12.5. The van der Waals surface area contributed by atoms with Crippen LogP contribution in [0.3, 0.4) is 0 Å². The highest BCUT2D eigenvalue weighted by atomic mass is 32.2. The zero-order valence-corrected chi connectivity index (χ0v) is 14.2. The molecule has 0 fully saturated rings. The molecule has 0 aliphatic heterocycles. The number of nitrogens with zero attached hydrogens (tertiary/aromatic N) is 2. The van der Waals surface area contributed by atoms with E-state index >= 15 is 0 Å². The highest BCUT2D eigenvalue weighted by Crippen LogP contribution is 2.06. The average Bonchev–Trinajstić information content (AvgIpc) is 2.99. The number of aromatic nitrogens is 3. The smallest absolute Gasteiger partial charge is 0.276 e. The van der Waals surface area contributed by atoms with Gasteiger partial charge in [-0.05, 0) is 31.8 Å². The molecule has 2 rings (SSSR count). The van der Waals surface area contributed by atoms with Gasteiger partial charge in [0.25, 0.3) is 5.56 Å². The van der Waals surface area contributed by atoms with E-state index in [2.05, 4.69) is 15.4 Å². The molecule has 0 saturated heterocycles. The first-order valence-electron chi connectivity index (χ1n) is 7.51. The number of H-pyrrole nitrogens is 1. The van der Waals surface area contributed by atoms with E-state index in [1.165, 1.54) is 4.52 Å². The van der Waals surface area contributed by atoms with Crippen LogP contribution in [-0.4, -0.2) is 50.3 Å². The largest absolute Gasteiger partial charge is 0.394 e. The van der Waals surface area contributed by atoms with E-state index in [-0.39, 0.29) is 30.5 Å². The van der Waals surface area contributed by atoms with Crippen molar-refractivity contribution in [2.45, 2.75) is 32.2 Å². The third kappa shape index (κ3) is 4.35. The van der Waals surface area contributed by atoms with Crippen LogP contribution in [0.1, 0.15) is 24.1 Å². The first kappa shape index (κ1) is 17.6. The summed E-state index contributed by atoms with van der Waals surface area (Å²) in [4.78, 5) is 28.7. The van der Waals surface area contributed by atoms with Crippen LogP contribution >= 0.6 is 11.8 Å². The van der Waals surface area contributed by atoms with Gasteiger partial charge < -0.3 is 10.4 Å². The number of amides is 1. The number of aryl methyl sites for hydroxylation is 1. The van der Waals surface area contributed by atoms with E-state index < -0.39 is 0 Å². The monoisotopic (exact) mass is 338 g/mol. The first-order valence-corrected chi connectivity index (χ1v) is 8.91. The van der Waals surface area contributed by atoms with Gasteiger partial charge in [-0.15, -0.1) is 0 Å². The summed E-state index contributed by atoms with van der Waals surface area (Å²) in [5.41, 5.74) is 1.57. The van der Waals surface area contributed by atoms with Crippen molar-refractivity contribution in [3.05, 3.63) is 33.9 Å². The third-order valence-electron chi connectivity index (χ3n) is 3.70.